The average Bonchev–Trinajstić information content (AvgIpc) is 3.06. The lowest BCUT2D eigenvalue weighted by atomic mass is 9.85. The molecule has 0 N–H and O–H groups in total. The Balaban J connectivity index is 1.45. The Kier molecular flexibility index (Phi) is 9.25. The Hall–Kier alpha value is -4.38. The molecule has 2 saturated heterocycles. The van der Waals surface area contributed by atoms with Crippen molar-refractivity contribution >= 4 is 45.2 Å². The molecule has 2 aliphatic heterocycles. The van der Waals surface area contributed by atoms with Crippen molar-refractivity contribution in [2.75, 3.05) is 51.8 Å². The number of likely N-dealkylation sites (N-methyl/N-ethyl adjacent to an activating group) is 1. The van der Waals surface area contributed by atoms with Gasteiger partial charge in [0, 0.05) is 50.4 Å². The van der Waals surface area contributed by atoms with Crippen molar-refractivity contribution in [1.29, 1.82) is 5.26 Å². The summed E-state index contributed by atoms with van der Waals surface area (Å²) in [5.41, 5.74) is -1.01. The van der Waals surface area contributed by atoms with Crippen LogP contribution in [0.5, 0.6) is 6.01 Å². The summed E-state index contributed by atoms with van der Waals surface area (Å²) in [6.45, 7) is 8.98. The molecule has 0 radical (unpaired) electrons. The largest absolute Gasteiger partial charge is 0.461 e. The second kappa shape index (κ2) is 13.2. The summed E-state index contributed by atoms with van der Waals surface area (Å²) in [7, 11) is 3.60. The molecule has 3 atom stereocenters. The molecule has 2 unspecified atom stereocenters. The molecule has 2 aliphatic rings. The van der Waals surface area contributed by atoms with Crippen molar-refractivity contribution in [3.63, 3.8) is 0 Å². The third kappa shape index (κ3) is 6.40. The first-order valence-corrected chi connectivity index (χ1v) is 16.3. The van der Waals surface area contributed by atoms with Gasteiger partial charge in [-0.3, -0.25) is 9.88 Å². The number of carbonyl (C=O) groups is 1. The second-order valence-electron chi connectivity index (χ2n) is 13.7. The zero-order chi connectivity index (χ0) is 35.2. The van der Waals surface area contributed by atoms with E-state index in [2.05, 4.69) is 20.9 Å². The van der Waals surface area contributed by atoms with Gasteiger partial charge in [0.2, 0.25) is 0 Å². The third-order valence-electron chi connectivity index (χ3n) is 9.35. The lowest BCUT2D eigenvalue weighted by Gasteiger charge is -2.53. The summed E-state index contributed by atoms with van der Waals surface area (Å²) < 4.78 is 48.8. The summed E-state index contributed by atoms with van der Waals surface area (Å²) in [6, 6.07) is 9.52. The van der Waals surface area contributed by atoms with E-state index in [9.17, 15) is 14.4 Å². The van der Waals surface area contributed by atoms with E-state index in [0.717, 1.165) is 6.54 Å². The fraction of sp³-hybridized carbons (Fsp3) is 0.457. The summed E-state index contributed by atoms with van der Waals surface area (Å²) >= 11 is 6.40. The van der Waals surface area contributed by atoms with Crippen LogP contribution in [0.3, 0.4) is 0 Å². The molecule has 0 aliphatic carbocycles. The lowest BCUT2D eigenvalue weighted by molar-refractivity contribution is -0.147. The van der Waals surface area contributed by atoms with Gasteiger partial charge in [0.25, 0.3) is 0 Å². The zero-order valence-electron chi connectivity index (χ0n) is 28.3. The van der Waals surface area contributed by atoms with E-state index in [0.29, 0.717) is 34.1 Å². The maximum absolute atomic E-state index is 16.8. The van der Waals surface area contributed by atoms with Crippen molar-refractivity contribution in [3.8, 4) is 23.3 Å². The van der Waals surface area contributed by atoms with Gasteiger partial charge in [-0.05, 0) is 46.2 Å². The number of likely N-dealkylation sites (tertiary alicyclic amines) is 1. The number of methoxy groups -OCH3 is 1. The Morgan fingerprint density at radius 2 is 1.94 bits per heavy atom. The Bertz CT molecular complexity index is 1970. The van der Waals surface area contributed by atoms with Gasteiger partial charge in [-0.25, -0.2) is 13.6 Å². The van der Waals surface area contributed by atoms with Gasteiger partial charge in [-0.1, -0.05) is 35.9 Å². The highest BCUT2D eigenvalue weighted by molar-refractivity contribution is 6.36. The predicted molar refractivity (Wildman–Crippen MR) is 182 cm³/mol. The van der Waals surface area contributed by atoms with Gasteiger partial charge in [0.05, 0.1) is 40.6 Å². The van der Waals surface area contributed by atoms with Crippen LogP contribution in [-0.4, -0.2) is 101 Å². The minimum absolute atomic E-state index is 0.0420. The molecule has 2 aromatic carbocycles. The number of nitrogens with zero attached hydrogens (tertiary/aromatic N) is 7. The molecule has 4 aromatic rings. The lowest BCUT2D eigenvalue weighted by Crippen LogP contribution is -2.70. The van der Waals surface area contributed by atoms with E-state index in [1.54, 1.807) is 57.0 Å². The molecule has 49 heavy (non-hydrogen) atoms. The van der Waals surface area contributed by atoms with E-state index in [1.807, 2.05) is 18.9 Å². The first-order valence-electron chi connectivity index (χ1n) is 16.0. The van der Waals surface area contributed by atoms with Gasteiger partial charge in [-0.2, -0.15) is 15.2 Å². The highest BCUT2D eigenvalue weighted by Gasteiger charge is 2.49. The molecular formula is C35H38ClF2N7O4. The third-order valence-corrected chi connectivity index (χ3v) is 9.72. The summed E-state index contributed by atoms with van der Waals surface area (Å²) in [6.07, 6.45) is 0.909. The number of benzene rings is 2. The SMILES string of the molecule is COC1CN(C)C1(C)COc1nc(N2CCN(C(=O)OC(C)(C)C)[C@@H](CC#N)C2)c2cnc(-c3cccc4ccc(F)c(Cl)c34)c(F)c2n1. The second-order valence-corrected chi connectivity index (χ2v) is 14.0. The van der Waals surface area contributed by atoms with E-state index >= 15 is 4.39 Å². The van der Waals surface area contributed by atoms with Gasteiger partial charge in [-0.15, -0.1) is 0 Å². The standard InChI is InChI=1S/C35H38ClF2N7O4/c1-34(2,3)49-33(46)45-15-14-44(17-21(45)12-13-39)31-23-16-40-29(22-9-7-8-20-10-11-24(37)27(36)26(20)22)28(38)30(23)41-32(42-31)48-19-35(4)25(47-6)18-43(35)5/h7-11,16,21,25H,12,14-15,17-19H2,1-6H3/t21-,25?,35?/m0/s1. The van der Waals surface area contributed by atoms with Gasteiger partial charge in [0.1, 0.15) is 35.1 Å². The molecule has 6 rings (SSSR count). The minimum atomic E-state index is -0.762. The topological polar surface area (TPSA) is 117 Å². The number of fused-ring (bicyclic) bond motifs is 2. The van der Waals surface area contributed by atoms with Gasteiger partial charge >= 0.3 is 12.1 Å². The molecule has 1 amide bonds. The first-order chi connectivity index (χ1) is 23.3. The van der Waals surface area contributed by atoms with Crippen molar-refractivity contribution in [2.24, 2.45) is 0 Å². The molecule has 0 bridgehead atoms. The normalized spacial score (nSPS) is 21.5. The van der Waals surface area contributed by atoms with Crippen molar-refractivity contribution < 1.29 is 27.8 Å². The van der Waals surface area contributed by atoms with Crippen LogP contribution in [-0.2, 0) is 9.47 Å². The summed E-state index contributed by atoms with van der Waals surface area (Å²) in [5.74, 6) is -1.06. The number of ether oxygens (including phenoxy) is 3. The molecule has 11 nitrogen and oxygen atoms in total. The number of halogens is 3. The van der Waals surface area contributed by atoms with Crippen LogP contribution in [0.4, 0.5) is 19.4 Å². The molecule has 0 spiro atoms. The van der Waals surface area contributed by atoms with Crippen LogP contribution in [0.25, 0.3) is 32.9 Å². The predicted octanol–water partition coefficient (Wildman–Crippen LogP) is 6.21. The monoisotopic (exact) mass is 693 g/mol. The number of amides is 1. The van der Waals surface area contributed by atoms with Crippen LogP contribution in [0, 0.1) is 23.0 Å². The molecule has 0 saturated carbocycles. The molecular weight excluding hydrogens is 656 g/mol. The highest BCUT2D eigenvalue weighted by atomic mass is 35.5. The Morgan fingerprint density at radius 1 is 1.16 bits per heavy atom. The fourth-order valence-electron chi connectivity index (χ4n) is 6.44. The van der Waals surface area contributed by atoms with Crippen LogP contribution < -0.4 is 9.64 Å². The molecule has 2 aromatic heterocycles. The van der Waals surface area contributed by atoms with E-state index < -0.39 is 34.9 Å². The number of anilines is 1. The van der Waals surface area contributed by atoms with Crippen molar-refractivity contribution in [3.05, 3.63) is 53.2 Å². The smallest absolute Gasteiger partial charge is 0.410 e. The maximum atomic E-state index is 16.8. The molecule has 258 valence electrons. The van der Waals surface area contributed by atoms with Crippen molar-refractivity contribution in [1.82, 2.24) is 24.8 Å². The number of carbonyl (C=O) groups excluding carboxylic acids is 1. The quantitative estimate of drug-likeness (QED) is 0.221. The number of hydrogen-bond donors (Lipinski definition) is 0. The van der Waals surface area contributed by atoms with Crippen molar-refractivity contribution in [2.45, 2.75) is 57.4 Å². The molecule has 4 heterocycles. The number of aromatic nitrogens is 3. The van der Waals surface area contributed by atoms with Crippen LogP contribution in [0.15, 0.2) is 36.5 Å². The fourth-order valence-corrected chi connectivity index (χ4v) is 6.71. The number of piperazine rings is 1. The zero-order valence-corrected chi connectivity index (χ0v) is 29.0. The number of nitriles is 1. The maximum Gasteiger partial charge on any atom is 0.410 e. The van der Waals surface area contributed by atoms with Gasteiger partial charge < -0.3 is 24.0 Å². The number of hydrogen-bond acceptors (Lipinski definition) is 10. The van der Waals surface area contributed by atoms with E-state index in [1.165, 1.54) is 12.3 Å². The number of rotatable bonds is 7. The molecule has 14 heteroatoms. The molecule has 2 fully saturated rings. The average molecular weight is 694 g/mol. The summed E-state index contributed by atoms with van der Waals surface area (Å²) in [5, 5.41) is 10.8. The van der Waals surface area contributed by atoms with E-state index in [4.69, 9.17) is 30.8 Å². The van der Waals surface area contributed by atoms with Crippen LogP contribution in [0.2, 0.25) is 5.02 Å². The Morgan fingerprint density at radius 3 is 2.63 bits per heavy atom. The number of pyridine rings is 1. The Labute approximate surface area is 288 Å². The van der Waals surface area contributed by atoms with Crippen LogP contribution in [0.1, 0.15) is 34.1 Å². The van der Waals surface area contributed by atoms with Gasteiger partial charge in [0.15, 0.2) is 5.82 Å². The minimum Gasteiger partial charge on any atom is -0.461 e. The summed E-state index contributed by atoms with van der Waals surface area (Å²) in [4.78, 5) is 32.4. The first kappa shape index (κ1) is 34.5. The highest BCUT2D eigenvalue weighted by Crippen LogP contribution is 2.39. The van der Waals surface area contributed by atoms with E-state index in [-0.39, 0.29) is 54.5 Å². The van der Waals surface area contributed by atoms with Crippen LogP contribution >= 0.6 is 11.6 Å².